The molecular formula is C17H13ClN2O3. The van der Waals surface area contributed by atoms with Gasteiger partial charge in [0.15, 0.2) is 5.60 Å². The number of alkyl halides is 1. The fraction of sp³-hybridized carbons (Fsp3) is 0.235. The van der Waals surface area contributed by atoms with Crippen molar-refractivity contribution < 1.29 is 9.53 Å². The number of hydrogen-bond donors (Lipinski definition) is 0. The van der Waals surface area contributed by atoms with Gasteiger partial charge in [-0.15, -0.1) is 0 Å². The van der Waals surface area contributed by atoms with Gasteiger partial charge < -0.3 is 4.74 Å². The topological polar surface area (TPSA) is 72.1 Å². The van der Waals surface area contributed by atoms with E-state index in [0.717, 1.165) is 0 Å². The number of carbonyl (C=O) groups excluding carboxylic acids is 1. The SMILES string of the molecule is CC1(C)Oc2ccc(C#N)cc2C(Cl)(n2ccccc2=O)C1=O. The minimum Gasteiger partial charge on any atom is -0.479 e. The Bertz CT molecular complexity index is 911. The first-order chi connectivity index (χ1) is 10.8. The van der Waals surface area contributed by atoms with E-state index >= 15 is 0 Å². The van der Waals surface area contributed by atoms with Gasteiger partial charge in [-0.2, -0.15) is 5.26 Å². The summed E-state index contributed by atoms with van der Waals surface area (Å²) >= 11 is 6.72. The van der Waals surface area contributed by atoms with Crippen molar-refractivity contribution in [1.82, 2.24) is 4.57 Å². The number of pyridine rings is 1. The molecule has 1 atom stereocenters. The third kappa shape index (κ3) is 2.14. The zero-order chi connectivity index (χ0) is 16.8. The molecule has 6 heteroatoms. The number of halogens is 1. The van der Waals surface area contributed by atoms with Crippen LogP contribution in [0.1, 0.15) is 25.0 Å². The molecule has 116 valence electrons. The van der Waals surface area contributed by atoms with Crippen molar-refractivity contribution in [3.63, 3.8) is 0 Å². The lowest BCUT2D eigenvalue weighted by molar-refractivity contribution is -0.138. The minimum absolute atomic E-state index is 0.288. The Morgan fingerprint density at radius 3 is 2.61 bits per heavy atom. The van der Waals surface area contributed by atoms with Gasteiger partial charge in [0.2, 0.25) is 10.8 Å². The first kappa shape index (κ1) is 15.3. The van der Waals surface area contributed by atoms with Gasteiger partial charge in [0, 0.05) is 17.8 Å². The number of nitriles is 1. The second kappa shape index (κ2) is 4.97. The second-order valence-electron chi connectivity index (χ2n) is 5.80. The number of nitrogens with zero attached hydrogens (tertiary/aromatic N) is 2. The number of Topliss-reactive ketones (excluding diaryl/α,β-unsaturated/α-hetero) is 1. The maximum absolute atomic E-state index is 13.0. The minimum atomic E-state index is -1.76. The van der Waals surface area contributed by atoms with Crippen LogP contribution in [0, 0.1) is 11.3 Å². The zero-order valence-corrected chi connectivity index (χ0v) is 13.3. The fourth-order valence-electron chi connectivity index (χ4n) is 2.71. The molecule has 0 spiro atoms. The average Bonchev–Trinajstić information content (AvgIpc) is 2.53. The van der Waals surface area contributed by atoms with E-state index in [-0.39, 0.29) is 5.56 Å². The van der Waals surface area contributed by atoms with E-state index in [1.165, 1.54) is 22.9 Å². The van der Waals surface area contributed by atoms with Crippen molar-refractivity contribution in [3.8, 4) is 11.8 Å². The Kier molecular flexibility index (Phi) is 3.31. The molecule has 1 unspecified atom stereocenters. The smallest absolute Gasteiger partial charge is 0.252 e. The standard InChI is InChI=1S/C17H13ClN2O3/c1-16(2)15(22)17(18,20-8-4-3-5-14(20)21)12-9-11(10-19)6-7-13(12)23-16/h3-9H,1-2H3. The Balaban J connectivity index is 2.39. The highest BCUT2D eigenvalue weighted by Gasteiger charge is 2.54. The van der Waals surface area contributed by atoms with Crippen LogP contribution in [0.2, 0.25) is 0 Å². The molecule has 0 aliphatic carbocycles. The summed E-state index contributed by atoms with van der Waals surface area (Å²) < 4.78 is 6.90. The molecule has 1 aromatic carbocycles. The molecule has 0 saturated carbocycles. The predicted molar refractivity (Wildman–Crippen MR) is 84.5 cm³/mol. The van der Waals surface area contributed by atoms with Crippen LogP contribution in [0.5, 0.6) is 5.75 Å². The molecule has 1 aliphatic heterocycles. The lowest BCUT2D eigenvalue weighted by atomic mass is 9.86. The molecule has 2 heterocycles. The van der Waals surface area contributed by atoms with E-state index in [1.807, 2.05) is 6.07 Å². The van der Waals surface area contributed by atoms with E-state index in [4.69, 9.17) is 21.6 Å². The Morgan fingerprint density at radius 1 is 1.22 bits per heavy atom. The number of ketones is 1. The summed E-state index contributed by atoms with van der Waals surface area (Å²) in [5.74, 6) is -0.0955. The van der Waals surface area contributed by atoms with Crippen molar-refractivity contribution in [2.75, 3.05) is 0 Å². The highest BCUT2D eigenvalue weighted by Crippen LogP contribution is 2.45. The molecule has 2 aromatic rings. The van der Waals surface area contributed by atoms with Crippen molar-refractivity contribution in [2.45, 2.75) is 24.4 Å². The first-order valence-corrected chi connectivity index (χ1v) is 7.34. The highest BCUT2D eigenvalue weighted by atomic mass is 35.5. The molecule has 23 heavy (non-hydrogen) atoms. The lowest BCUT2D eigenvalue weighted by Crippen LogP contribution is -2.57. The molecule has 0 amide bonds. The molecule has 0 saturated heterocycles. The maximum atomic E-state index is 13.0. The number of ether oxygens (including phenoxy) is 1. The van der Waals surface area contributed by atoms with Crippen LogP contribution in [0.15, 0.2) is 47.4 Å². The molecule has 0 fully saturated rings. The summed E-state index contributed by atoms with van der Waals surface area (Å²) in [7, 11) is 0. The number of hydrogen-bond acceptors (Lipinski definition) is 4. The first-order valence-electron chi connectivity index (χ1n) is 6.96. The molecule has 3 rings (SSSR count). The third-order valence-electron chi connectivity index (χ3n) is 3.83. The van der Waals surface area contributed by atoms with Gasteiger partial charge in [0.05, 0.1) is 11.6 Å². The molecule has 0 bridgehead atoms. The summed E-state index contributed by atoms with van der Waals surface area (Å²) in [6, 6.07) is 11.2. The molecule has 0 N–H and O–H groups in total. The van der Waals surface area contributed by atoms with Gasteiger partial charge in [-0.05, 0) is 38.1 Å². The van der Waals surface area contributed by atoms with Crippen molar-refractivity contribution in [3.05, 3.63) is 64.1 Å². The zero-order valence-electron chi connectivity index (χ0n) is 12.5. The van der Waals surface area contributed by atoms with Gasteiger partial charge >= 0.3 is 0 Å². The van der Waals surface area contributed by atoms with E-state index in [1.54, 1.807) is 38.1 Å². The Morgan fingerprint density at radius 2 is 1.96 bits per heavy atom. The summed E-state index contributed by atoms with van der Waals surface area (Å²) in [6.07, 6.45) is 1.46. The lowest BCUT2D eigenvalue weighted by Gasteiger charge is -2.41. The van der Waals surface area contributed by atoms with Crippen molar-refractivity contribution >= 4 is 17.4 Å². The second-order valence-corrected chi connectivity index (χ2v) is 6.34. The van der Waals surface area contributed by atoms with Crippen LogP contribution in [-0.4, -0.2) is 16.0 Å². The number of fused-ring (bicyclic) bond motifs is 1. The van der Waals surface area contributed by atoms with Crippen LogP contribution < -0.4 is 10.3 Å². The predicted octanol–water partition coefficient (Wildman–Crippen LogP) is 2.40. The monoisotopic (exact) mass is 328 g/mol. The largest absolute Gasteiger partial charge is 0.479 e. The van der Waals surface area contributed by atoms with Crippen molar-refractivity contribution in [1.29, 1.82) is 5.26 Å². The van der Waals surface area contributed by atoms with E-state index < -0.39 is 21.9 Å². The van der Waals surface area contributed by atoms with Crippen LogP contribution in [0.4, 0.5) is 0 Å². The van der Waals surface area contributed by atoms with Crippen LogP contribution >= 0.6 is 11.6 Å². The van der Waals surface area contributed by atoms with Gasteiger partial charge in [-0.3, -0.25) is 14.2 Å². The summed E-state index contributed by atoms with van der Waals surface area (Å²) in [4.78, 5) is 23.5. The molecule has 1 aromatic heterocycles. The van der Waals surface area contributed by atoms with E-state index in [0.29, 0.717) is 11.3 Å². The van der Waals surface area contributed by atoms with Crippen LogP contribution in [0.25, 0.3) is 0 Å². The van der Waals surface area contributed by atoms with E-state index in [9.17, 15) is 9.59 Å². The van der Waals surface area contributed by atoms with E-state index in [2.05, 4.69) is 0 Å². The summed E-state index contributed by atoms with van der Waals surface area (Å²) in [5.41, 5.74) is -1.01. The van der Waals surface area contributed by atoms with Crippen LogP contribution in [-0.2, 0) is 9.79 Å². The number of carbonyl (C=O) groups is 1. The Hall–Kier alpha value is -2.58. The molecule has 0 radical (unpaired) electrons. The maximum Gasteiger partial charge on any atom is 0.252 e. The number of benzene rings is 1. The molecule has 1 aliphatic rings. The fourth-order valence-corrected chi connectivity index (χ4v) is 3.23. The Labute approximate surface area is 137 Å². The van der Waals surface area contributed by atoms with Gasteiger partial charge in [-0.25, -0.2) is 0 Å². The molecular weight excluding hydrogens is 316 g/mol. The summed E-state index contributed by atoms with van der Waals surface area (Å²) in [6.45, 7) is 3.20. The molecule has 5 nitrogen and oxygen atoms in total. The number of aromatic nitrogens is 1. The normalized spacial score (nSPS) is 21.9. The highest BCUT2D eigenvalue weighted by molar-refractivity contribution is 6.36. The quantitative estimate of drug-likeness (QED) is 0.754. The van der Waals surface area contributed by atoms with Crippen molar-refractivity contribution in [2.24, 2.45) is 0 Å². The average molecular weight is 329 g/mol. The van der Waals surface area contributed by atoms with Gasteiger partial charge in [-0.1, -0.05) is 17.7 Å². The van der Waals surface area contributed by atoms with Crippen LogP contribution in [0.3, 0.4) is 0 Å². The van der Waals surface area contributed by atoms with Gasteiger partial charge in [0.1, 0.15) is 5.75 Å². The van der Waals surface area contributed by atoms with Gasteiger partial charge in [0.25, 0.3) is 5.56 Å². The number of rotatable bonds is 1. The summed E-state index contributed by atoms with van der Waals surface area (Å²) in [5, 5.41) is 9.12. The third-order valence-corrected chi connectivity index (χ3v) is 4.39.